The van der Waals surface area contributed by atoms with Crippen LogP contribution in [0.5, 0.6) is 0 Å². The minimum Gasteiger partial charge on any atom is -0.241 e. The number of aryl methyl sites for hydroxylation is 5. The van der Waals surface area contributed by atoms with Crippen LogP contribution in [0.4, 0.5) is 0 Å². The topological polar surface area (TPSA) is 25.8 Å². The summed E-state index contributed by atoms with van der Waals surface area (Å²) in [4.78, 5) is 11.6. The van der Waals surface area contributed by atoms with Crippen LogP contribution in [0.3, 0.4) is 0 Å². The molecule has 0 radical (unpaired) electrons. The highest BCUT2D eigenvalue weighted by atomic mass is 32.1. The summed E-state index contributed by atoms with van der Waals surface area (Å²) >= 11 is 3.52. The van der Waals surface area contributed by atoms with Gasteiger partial charge in [0.05, 0.1) is 11.4 Å². The van der Waals surface area contributed by atoms with E-state index in [1.54, 1.807) is 22.7 Å². The highest BCUT2D eigenvalue weighted by Gasteiger charge is 2.05. The number of aromatic nitrogens is 2. The molecule has 0 unspecified atom stereocenters. The van der Waals surface area contributed by atoms with Crippen LogP contribution in [-0.2, 0) is 0 Å². The second-order valence-corrected chi connectivity index (χ2v) is 8.96. The maximum absolute atomic E-state index is 4.53. The van der Waals surface area contributed by atoms with E-state index in [1.807, 2.05) is 18.2 Å². The van der Waals surface area contributed by atoms with Crippen LogP contribution in [0.2, 0.25) is 0 Å². The molecule has 0 aliphatic carbocycles. The summed E-state index contributed by atoms with van der Waals surface area (Å²) in [6.45, 7) is 10.4. The lowest BCUT2D eigenvalue weighted by molar-refractivity contribution is 1.23. The first-order chi connectivity index (χ1) is 12.9. The average Bonchev–Trinajstić information content (AvgIpc) is 3.19. The Bertz CT molecular complexity index is 973. The first kappa shape index (κ1) is 19.5. The molecule has 2 nitrogen and oxygen atoms in total. The third-order valence-corrected chi connectivity index (χ3v) is 6.62. The molecule has 27 heavy (non-hydrogen) atoms. The molecule has 2 aromatic heterocycles. The van der Waals surface area contributed by atoms with Crippen molar-refractivity contribution in [3.05, 3.63) is 81.3 Å². The Morgan fingerprint density at radius 1 is 0.556 bits per heavy atom. The second kappa shape index (κ2) is 8.59. The molecule has 0 aliphatic heterocycles. The Morgan fingerprint density at radius 2 is 1.00 bits per heavy atom. The Morgan fingerprint density at radius 3 is 1.41 bits per heavy atom. The van der Waals surface area contributed by atoms with Crippen molar-refractivity contribution in [2.75, 3.05) is 0 Å². The Labute approximate surface area is 169 Å². The van der Waals surface area contributed by atoms with Crippen molar-refractivity contribution in [3.8, 4) is 21.1 Å². The SMILES string of the molecule is Cc1ccc(-c2nc(C)c(C)s2)cc1.Cc1nc(-c2ccccc2)sc1C. The van der Waals surface area contributed by atoms with E-state index in [0.717, 1.165) is 21.4 Å². The maximum Gasteiger partial charge on any atom is 0.123 e. The van der Waals surface area contributed by atoms with Crippen molar-refractivity contribution < 1.29 is 0 Å². The molecular formula is C23H24N2S2. The average molecular weight is 393 g/mol. The summed E-state index contributed by atoms with van der Waals surface area (Å²) in [6, 6.07) is 18.8. The molecule has 0 aliphatic rings. The summed E-state index contributed by atoms with van der Waals surface area (Å²) in [5, 5.41) is 2.25. The predicted molar refractivity (Wildman–Crippen MR) is 119 cm³/mol. The lowest BCUT2D eigenvalue weighted by Crippen LogP contribution is -1.77. The quantitative estimate of drug-likeness (QED) is 0.361. The zero-order valence-corrected chi connectivity index (χ0v) is 18.0. The molecule has 0 fully saturated rings. The van der Waals surface area contributed by atoms with Gasteiger partial charge in [0.15, 0.2) is 0 Å². The van der Waals surface area contributed by atoms with E-state index in [2.05, 4.69) is 81.0 Å². The van der Waals surface area contributed by atoms with Gasteiger partial charge in [-0.3, -0.25) is 0 Å². The van der Waals surface area contributed by atoms with E-state index in [9.17, 15) is 0 Å². The van der Waals surface area contributed by atoms with Crippen molar-refractivity contribution in [2.24, 2.45) is 0 Å². The molecule has 2 aromatic carbocycles. The molecule has 4 rings (SSSR count). The van der Waals surface area contributed by atoms with Crippen LogP contribution in [-0.4, -0.2) is 9.97 Å². The van der Waals surface area contributed by atoms with E-state index >= 15 is 0 Å². The zero-order chi connectivity index (χ0) is 19.4. The van der Waals surface area contributed by atoms with Gasteiger partial charge in [0, 0.05) is 20.9 Å². The van der Waals surface area contributed by atoms with Gasteiger partial charge in [0.25, 0.3) is 0 Å². The van der Waals surface area contributed by atoms with Crippen molar-refractivity contribution in [1.29, 1.82) is 0 Å². The van der Waals surface area contributed by atoms with E-state index in [1.165, 1.54) is 26.4 Å². The van der Waals surface area contributed by atoms with Gasteiger partial charge in [0.1, 0.15) is 10.0 Å². The summed E-state index contributed by atoms with van der Waals surface area (Å²) in [7, 11) is 0. The number of hydrogen-bond donors (Lipinski definition) is 0. The largest absolute Gasteiger partial charge is 0.241 e. The van der Waals surface area contributed by atoms with Gasteiger partial charge < -0.3 is 0 Å². The third-order valence-electron chi connectivity index (χ3n) is 4.38. The van der Waals surface area contributed by atoms with Gasteiger partial charge in [-0.25, -0.2) is 9.97 Å². The Balaban J connectivity index is 0.000000156. The van der Waals surface area contributed by atoms with Gasteiger partial charge in [-0.2, -0.15) is 0 Å². The Hall–Kier alpha value is -2.30. The standard InChI is InChI=1S/C12H13NS.C11H11NS/c1-8-4-6-11(7-5-8)12-13-9(2)10(3)14-12;1-8-9(2)13-11(12-8)10-6-4-3-5-7-10/h4-7H,1-3H3;3-7H,1-2H3. The van der Waals surface area contributed by atoms with Gasteiger partial charge in [-0.05, 0) is 34.6 Å². The van der Waals surface area contributed by atoms with Crippen molar-refractivity contribution in [1.82, 2.24) is 9.97 Å². The van der Waals surface area contributed by atoms with Crippen LogP contribution in [0, 0.1) is 34.6 Å². The molecule has 4 heteroatoms. The van der Waals surface area contributed by atoms with Crippen LogP contribution in [0.25, 0.3) is 21.1 Å². The lowest BCUT2D eigenvalue weighted by Gasteiger charge is -1.96. The molecular weight excluding hydrogens is 368 g/mol. The molecule has 0 amide bonds. The number of nitrogens with zero attached hydrogens (tertiary/aromatic N) is 2. The third kappa shape index (κ3) is 4.90. The van der Waals surface area contributed by atoms with E-state index in [-0.39, 0.29) is 0 Å². The second-order valence-electron chi connectivity index (χ2n) is 6.55. The first-order valence-corrected chi connectivity index (χ1v) is 10.6. The summed E-state index contributed by atoms with van der Waals surface area (Å²) in [5.41, 5.74) is 6.01. The number of rotatable bonds is 2. The van der Waals surface area contributed by atoms with Crippen LogP contribution in [0.1, 0.15) is 26.7 Å². The summed E-state index contributed by atoms with van der Waals surface area (Å²) < 4.78 is 0. The highest BCUT2D eigenvalue weighted by molar-refractivity contribution is 7.15. The van der Waals surface area contributed by atoms with Crippen LogP contribution in [0.15, 0.2) is 54.6 Å². The fourth-order valence-electron chi connectivity index (χ4n) is 2.47. The molecule has 0 saturated carbocycles. The van der Waals surface area contributed by atoms with E-state index in [4.69, 9.17) is 0 Å². The number of hydrogen-bond acceptors (Lipinski definition) is 4. The van der Waals surface area contributed by atoms with Gasteiger partial charge in [-0.15, -0.1) is 22.7 Å². The van der Waals surface area contributed by atoms with Crippen molar-refractivity contribution in [2.45, 2.75) is 34.6 Å². The summed E-state index contributed by atoms with van der Waals surface area (Å²) in [6.07, 6.45) is 0. The minimum atomic E-state index is 1.12. The number of thiazole rings is 2. The predicted octanol–water partition coefficient (Wildman–Crippen LogP) is 7.16. The lowest BCUT2D eigenvalue weighted by atomic mass is 10.2. The monoisotopic (exact) mass is 392 g/mol. The molecule has 0 N–H and O–H groups in total. The molecule has 0 saturated heterocycles. The Kier molecular flexibility index (Phi) is 6.19. The summed E-state index contributed by atoms with van der Waals surface area (Å²) in [5.74, 6) is 0. The highest BCUT2D eigenvalue weighted by Crippen LogP contribution is 2.27. The number of benzene rings is 2. The van der Waals surface area contributed by atoms with Crippen LogP contribution < -0.4 is 0 Å². The van der Waals surface area contributed by atoms with Gasteiger partial charge in [0.2, 0.25) is 0 Å². The molecule has 0 bridgehead atoms. The van der Waals surface area contributed by atoms with E-state index in [0.29, 0.717) is 0 Å². The normalized spacial score (nSPS) is 10.4. The maximum atomic E-state index is 4.53. The fraction of sp³-hybridized carbons (Fsp3) is 0.217. The molecule has 138 valence electrons. The fourth-order valence-corrected chi connectivity index (χ4v) is 4.31. The first-order valence-electron chi connectivity index (χ1n) is 8.94. The minimum absolute atomic E-state index is 1.12. The zero-order valence-electron chi connectivity index (χ0n) is 16.4. The molecule has 0 atom stereocenters. The molecule has 2 heterocycles. The van der Waals surface area contributed by atoms with Gasteiger partial charge in [-0.1, -0.05) is 60.2 Å². The van der Waals surface area contributed by atoms with Crippen molar-refractivity contribution in [3.63, 3.8) is 0 Å². The van der Waals surface area contributed by atoms with E-state index < -0.39 is 0 Å². The van der Waals surface area contributed by atoms with Crippen LogP contribution >= 0.6 is 22.7 Å². The molecule has 4 aromatic rings. The van der Waals surface area contributed by atoms with Gasteiger partial charge >= 0.3 is 0 Å². The smallest absolute Gasteiger partial charge is 0.123 e. The molecule has 0 spiro atoms. The van der Waals surface area contributed by atoms with Crippen molar-refractivity contribution >= 4 is 22.7 Å².